The van der Waals surface area contributed by atoms with Crippen molar-refractivity contribution in [3.05, 3.63) is 76.0 Å². The molecule has 0 saturated heterocycles. The number of amides is 3. The van der Waals surface area contributed by atoms with Crippen molar-refractivity contribution in [1.29, 1.82) is 0 Å². The third kappa shape index (κ3) is 4.26. The summed E-state index contributed by atoms with van der Waals surface area (Å²) in [5.74, 6) is -0.354. The van der Waals surface area contributed by atoms with Crippen LogP contribution in [-0.2, 0) is 0 Å². The van der Waals surface area contributed by atoms with Gasteiger partial charge in [0.2, 0.25) is 0 Å². The number of hydrogen-bond donors (Lipinski definition) is 3. The van der Waals surface area contributed by atoms with Crippen LogP contribution in [0.1, 0.15) is 30.4 Å². The number of hydrazine groups is 1. The smallest absolute Gasteiger partial charge is 0.271 e. The molecule has 0 radical (unpaired) electrons. The Balaban J connectivity index is 1.42. The van der Waals surface area contributed by atoms with Crippen molar-refractivity contribution in [3.63, 3.8) is 0 Å². The van der Waals surface area contributed by atoms with Crippen LogP contribution in [0.25, 0.3) is 0 Å². The summed E-state index contributed by atoms with van der Waals surface area (Å²) in [6.45, 7) is 0.861. The Labute approximate surface area is 175 Å². The van der Waals surface area contributed by atoms with E-state index >= 15 is 0 Å². The maximum atomic E-state index is 12.6. The van der Waals surface area contributed by atoms with E-state index in [4.69, 9.17) is 9.47 Å². The first-order valence-corrected chi connectivity index (χ1v) is 9.94. The lowest BCUT2D eigenvalue weighted by molar-refractivity contribution is 0.0846. The highest BCUT2D eigenvalue weighted by Gasteiger charge is 2.17. The summed E-state index contributed by atoms with van der Waals surface area (Å²) in [6.07, 6.45) is 0. The van der Waals surface area contributed by atoms with E-state index in [-0.39, 0.29) is 11.5 Å². The molecule has 1 aliphatic heterocycles. The van der Waals surface area contributed by atoms with Crippen LogP contribution in [0.3, 0.4) is 0 Å². The van der Waals surface area contributed by atoms with E-state index in [2.05, 4.69) is 16.2 Å². The van der Waals surface area contributed by atoms with Crippen LogP contribution in [0.4, 0.5) is 5.69 Å². The van der Waals surface area contributed by atoms with Gasteiger partial charge in [0.1, 0.15) is 13.2 Å². The Morgan fingerprint density at radius 1 is 0.800 bits per heavy atom. The molecule has 0 saturated carbocycles. The van der Waals surface area contributed by atoms with Gasteiger partial charge in [-0.25, -0.2) is 0 Å². The van der Waals surface area contributed by atoms with Gasteiger partial charge >= 0.3 is 0 Å². The second kappa shape index (κ2) is 8.66. The van der Waals surface area contributed by atoms with E-state index in [0.717, 1.165) is 0 Å². The van der Waals surface area contributed by atoms with Crippen LogP contribution < -0.4 is 25.6 Å². The molecule has 9 heteroatoms. The lowest BCUT2D eigenvalue weighted by Gasteiger charge is -2.18. The minimum absolute atomic E-state index is 0.213. The van der Waals surface area contributed by atoms with Gasteiger partial charge < -0.3 is 14.8 Å². The van der Waals surface area contributed by atoms with Gasteiger partial charge in [0.15, 0.2) is 11.5 Å². The van der Waals surface area contributed by atoms with Crippen molar-refractivity contribution in [2.75, 3.05) is 18.5 Å². The van der Waals surface area contributed by atoms with Crippen LogP contribution in [-0.4, -0.2) is 30.9 Å². The number of rotatable bonds is 4. The molecule has 0 fully saturated rings. The predicted octanol–water partition coefficient (Wildman–Crippen LogP) is 2.85. The van der Waals surface area contributed by atoms with Crippen molar-refractivity contribution in [2.24, 2.45) is 0 Å². The second-order valence-electron chi connectivity index (χ2n) is 6.24. The number of hydrogen-bond acceptors (Lipinski definition) is 6. The third-order valence-electron chi connectivity index (χ3n) is 4.26. The van der Waals surface area contributed by atoms with Gasteiger partial charge in [-0.05, 0) is 41.8 Å². The highest BCUT2D eigenvalue weighted by atomic mass is 32.1. The van der Waals surface area contributed by atoms with Crippen LogP contribution in [0.5, 0.6) is 11.5 Å². The van der Waals surface area contributed by atoms with Crippen LogP contribution in [0, 0.1) is 0 Å². The molecule has 0 spiro atoms. The normalized spacial score (nSPS) is 12.0. The summed E-state index contributed by atoms with van der Waals surface area (Å²) in [7, 11) is 0. The van der Waals surface area contributed by atoms with Crippen molar-refractivity contribution in [3.8, 4) is 11.5 Å². The average molecular weight is 423 g/mol. The summed E-state index contributed by atoms with van der Waals surface area (Å²) in [5.41, 5.74) is 5.59. The van der Waals surface area contributed by atoms with Crippen molar-refractivity contribution < 1.29 is 23.9 Å². The first kappa shape index (κ1) is 19.5. The second-order valence-corrected chi connectivity index (χ2v) is 7.19. The monoisotopic (exact) mass is 423 g/mol. The number of anilines is 1. The molecule has 4 rings (SSSR count). The standard InChI is InChI=1S/C21H17N3O5S/c25-19(13-7-8-16-17(12-13)29-10-9-28-16)23-24-20(26)14-4-1-2-5-15(14)22-21(27)18-6-3-11-30-18/h1-8,11-12H,9-10H2,(H,22,27)(H,23,25)(H,24,26). The first-order valence-electron chi connectivity index (χ1n) is 9.06. The SMILES string of the molecule is O=C(NNC(=O)c1ccccc1NC(=O)c1cccs1)c1ccc2c(c1)OCCO2. The molecule has 1 aliphatic rings. The highest BCUT2D eigenvalue weighted by Crippen LogP contribution is 2.30. The molecule has 30 heavy (non-hydrogen) atoms. The lowest BCUT2D eigenvalue weighted by Crippen LogP contribution is -2.42. The molecular weight excluding hydrogens is 406 g/mol. The van der Waals surface area contributed by atoms with Crippen molar-refractivity contribution >= 4 is 34.7 Å². The molecule has 2 aromatic carbocycles. The molecule has 0 bridgehead atoms. The molecule has 152 valence electrons. The maximum absolute atomic E-state index is 12.6. The van der Waals surface area contributed by atoms with Crippen LogP contribution >= 0.6 is 11.3 Å². The van der Waals surface area contributed by atoms with Gasteiger partial charge in [0.25, 0.3) is 17.7 Å². The van der Waals surface area contributed by atoms with E-state index in [9.17, 15) is 14.4 Å². The van der Waals surface area contributed by atoms with E-state index < -0.39 is 11.8 Å². The lowest BCUT2D eigenvalue weighted by atomic mass is 10.1. The number of nitrogens with one attached hydrogen (secondary N) is 3. The van der Waals surface area contributed by atoms with E-state index in [1.54, 1.807) is 60.0 Å². The Hall–Kier alpha value is -3.85. The van der Waals surface area contributed by atoms with Gasteiger partial charge in [-0.3, -0.25) is 25.2 Å². The summed E-state index contributed by atoms with van der Waals surface area (Å²) in [5, 5.41) is 4.51. The van der Waals surface area contributed by atoms with Crippen molar-refractivity contribution in [1.82, 2.24) is 10.9 Å². The van der Waals surface area contributed by atoms with E-state index in [1.165, 1.54) is 11.3 Å². The maximum Gasteiger partial charge on any atom is 0.271 e. The number of fused-ring (bicyclic) bond motifs is 1. The fourth-order valence-electron chi connectivity index (χ4n) is 2.82. The first-order chi connectivity index (χ1) is 14.6. The molecule has 8 nitrogen and oxygen atoms in total. The molecule has 3 amide bonds. The summed E-state index contributed by atoms with van der Waals surface area (Å²) in [4.78, 5) is 37.8. The number of benzene rings is 2. The minimum Gasteiger partial charge on any atom is -0.486 e. The molecule has 1 aromatic heterocycles. The summed E-state index contributed by atoms with van der Waals surface area (Å²) >= 11 is 1.30. The zero-order valence-electron chi connectivity index (χ0n) is 15.6. The van der Waals surface area contributed by atoms with Gasteiger partial charge in [0.05, 0.1) is 16.1 Å². The van der Waals surface area contributed by atoms with E-state index in [0.29, 0.717) is 40.8 Å². The Kier molecular flexibility index (Phi) is 5.62. The van der Waals surface area contributed by atoms with Crippen LogP contribution in [0.2, 0.25) is 0 Å². The Morgan fingerprint density at radius 2 is 1.57 bits per heavy atom. The molecule has 0 aliphatic carbocycles. The summed E-state index contributed by atoms with van der Waals surface area (Å²) < 4.78 is 10.9. The predicted molar refractivity (Wildman–Crippen MR) is 111 cm³/mol. The fraction of sp³-hybridized carbons (Fsp3) is 0.0952. The third-order valence-corrected chi connectivity index (χ3v) is 5.13. The summed E-state index contributed by atoms with van der Waals surface area (Å²) in [6, 6.07) is 14.8. The topological polar surface area (TPSA) is 106 Å². The fourth-order valence-corrected chi connectivity index (χ4v) is 3.44. The number of carbonyl (C=O) groups excluding carboxylic acids is 3. The Bertz CT molecular complexity index is 1100. The molecule has 3 aromatic rings. The number of ether oxygens (including phenoxy) is 2. The quantitative estimate of drug-likeness (QED) is 0.560. The molecular formula is C21H17N3O5S. The minimum atomic E-state index is -0.567. The van der Waals surface area contributed by atoms with Gasteiger partial charge in [0, 0.05) is 5.56 Å². The number of para-hydroxylation sites is 1. The van der Waals surface area contributed by atoms with Gasteiger partial charge in [-0.1, -0.05) is 18.2 Å². The van der Waals surface area contributed by atoms with E-state index in [1.807, 2.05) is 0 Å². The molecule has 3 N–H and O–H groups in total. The van der Waals surface area contributed by atoms with Crippen LogP contribution in [0.15, 0.2) is 60.0 Å². The largest absolute Gasteiger partial charge is 0.486 e. The van der Waals surface area contributed by atoms with Crippen molar-refractivity contribution in [2.45, 2.75) is 0 Å². The Morgan fingerprint density at radius 3 is 2.37 bits per heavy atom. The number of carbonyl (C=O) groups is 3. The highest BCUT2D eigenvalue weighted by molar-refractivity contribution is 7.12. The molecule has 0 unspecified atom stereocenters. The number of thiophene rings is 1. The molecule has 2 heterocycles. The zero-order chi connectivity index (χ0) is 20.9. The van der Waals surface area contributed by atoms with Gasteiger partial charge in [-0.2, -0.15) is 0 Å². The average Bonchev–Trinajstić information content (AvgIpc) is 3.32. The van der Waals surface area contributed by atoms with Gasteiger partial charge in [-0.15, -0.1) is 11.3 Å². The molecule has 0 atom stereocenters. The zero-order valence-corrected chi connectivity index (χ0v) is 16.5.